The van der Waals surface area contributed by atoms with Gasteiger partial charge in [0, 0.05) is 29.9 Å². The Balaban J connectivity index is 1.98. The van der Waals surface area contributed by atoms with Crippen LogP contribution in [-0.4, -0.2) is 16.8 Å². The zero-order valence-corrected chi connectivity index (χ0v) is 12.2. The summed E-state index contributed by atoms with van der Waals surface area (Å²) in [5, 5.41) is 4.85. The Labute approximate surface area is 119 Å². The Morgan fingerprint density at radius 1 is 1.30 bits per heavy atom. The van der Waals surface area contributed by atoms with Crippen molar-refractivity contribution in [3.05, 3.63) is 48.0 Å². The number of nitrogens with zero attached hydrogens (tertiary/aromatic N) is 2. The van der Waals surface area contributed by atoms with Gasteiger partial charge < -0.3 is 4.84 Å². The van der Waals surface area contributed by atoms with E-state index in [4.69, 9.17) is 4.84 Å². The van der Waals surface area contributed by atoms with Gasteiger partial charge >= 0.3 is 0 Å². The molecule has 3 nitrogen and oxygen atoms in total. The van der Waals surface area contributed by atoms with Crippen molar-refractivity contribution in [3.8, 4) is 11.1 Å². The number of rotatable bonds is 2. The number of oxime groups is 1. The number of hydrogen-bond acceptors (Lipinski definition) is 3. The second-order valence-electron chi connectivity index (χ2n) is 4.82. The van der Waals surface area contributed by atoms with E-state index in [9.17, 15) is 4.39 Å². The van der Waals surface area contributed by atoms with E-state index < -0.39 is 0 Å². The van der Waals surface area contributed by atoms with Gasteiger partial charge in [0.2, 0.25) is 0 Å². The molecule has 0 saturated carbocycles. The standard InChI is InChI=1S/C15H14FN2OP/c1-9-6-14(18-19-9)10-2-3-11(13(16)7-10)12-4-5-17-8-15(12)20/h2-5,7-9H,6,20H2,1H3. The zero-order valence-electron chi connectivity index (χ0n) is 11.0. The average Bonchev–Trinajstić information content (AvgIpc) is 2.86. The molecule has 0 N–H and O–H groups in total. The Bertz CT molecular complexity index is 687. The molecule has 0 aliphatic carbocycles. The lowest BCUT2D eigenvalue weighted by molar-refractivity contribution is 0.0995. The lowest BCUT2D eigenvalue weighted by Gasteiger charge is -2.08. The summed E-state index contributed by atoms with van der Waals surface area (Å²) in [5.41, 5.74) is 2.96. The predicted molar refractivity (Wildman–Crippen MR) is 80.7 cm³/mol. The average molecular weight is 288 g/mol. The fraction of sp³-hybridized carbons (Fsp3) is 0.200. The van der Waals surface area contributed by atoms with E-state index in [-0.39, 0.29) is 11.9 Å². The van der Waals surface area contributed by atoms with Crippen LogP contribution >= 0.6 is 9.24 Å². The van der Waals surface area contributed by atoms with Crippen LogP contribution in [-0.2, 0) is 4.84 Å². The van der Waals surface area contributed by atoms with Crippen LogP contribution in [0.5, 0.6) is 0 Å². The first-order chi connectivity index (χ1) is 9.65. The molecular formula is C15H14FN2OP. The van der Waals surface area contributed by atoms with Gasteiger partial charge in [-0.3, -0.25) is 4.98 Å². The number of hydrogen-bond donors (Lipinski definition) is 0. The number of pyridine rings is 1. The molecule has 0 amide bonds. The van der Waals surface area contributed by atoms with E-state index in [0.29, 0.717) is 12.0 Å². The van der Waals surface area contributed by atoms with Crippen LogP contribution in [0.4, 0.5) is 4.39 Å². The van der Waals surface area contributed by atoms with Crippen LogP contribution in [0, 0.1) is 5.82 Å². The second-order valence-corrected chi connectivity index (χ2v) is 5.44. The quantitative estimate of drug-likeness (QED) is 0.796. The Hall–Kier alpha value is -1.80. The number of aromatic nitrogens is 1. The van der Waals surface area contributed by atoms with Gasteiger partial charge in [0.1, 0.15) is 11.9 Å². The minimum Gasteiger partial charge on any atom is -0.392 e. The molecule has 1 aromatic carbocycles. The molecule has 1 aliphatic rings. The molecule has 102 valence electrons. The van der Waals surface area contributed by atoms with E-state index in [2.05, 4.69) is 19.4 Å². The lowest BCUT2D eigenvalue weighted by atomic mass is 10.0. The summed E-state index contributed by atoms with van der Waals surface area (Å²) in [4.78, 5) is 9.16. The highest BCUT2D eigenvalue weighted by Crippen LogP contribution is 2.25. The van der Waals surface area contributed by atoms with Gasteiger partial charge in [0.25, 0.3) is 0 Å². The molecule has 0 radical (unpaired) electrons. The summed E-state index contributed by atoms with van der Waals surface area (Å²) in [6.45, 7) is 1.94. The van der Waals surface area contributed by atoms with Crippen molar-refractivity contribution >= 4 is 20.3 Å². The summed E-state index contributed by atoms with van der Waals surface area (Å²) in [7, 11) is 2.57. The van der Waals surface area contributed by atoms with E-state index in [1.165, 1.54) is 6.07 Å². The molecule has 2 atom stereocenters. The normalized spacial score (nSPS) is 17.8. The maximum atomic E-state index is 14.3. The largest absolute Gasteiger partial charge is 0.392 e. The van der Waals surface area contributed by atoms with E-state index in [1.807, 2.05) is 13.0 Å². The summed E-state index contributed by atoms with van der Waals surface area (Å²) in [6, 6.07) is 6.97. The molecule has 2 heterocycles. The Kier molecular flexibility index (Phi) is 3.49. The SMILES string of the molecule is CC1CC(c2ccc(-c3ccncc3P)c(F)c2)=NO1. The molecule has 0 spiro atoms. The molecule has 2 unspecified atom stereocenters. The number of benzene rings is 1. The summed E-state index contributed by atoms with van der Waals surface area (Å²) >= 11 is 0. The summed E-state index contributed by atoms with van der Waals surface area (Å²) < 4.78 is 14.3. The summed E-state index contributed by atoms with van der Waals surface area (Å²) in [6.07, 6.45) is 4.13. The van der Waals surface area contributed by atoms with Crippen LogP contribution in [0.3, 0.4) is 0 Å². The van der Waals surface area contributed by atoms with Crippen molar-refractivity contribution in [2.45, 2.75) is 19.4 Å². The van der Waals surface area contributed by atoms with Crippen molar-refractivity contribution < 1.29 is 9.23 Å². The van der Waals surface area contributed by atoms with Gasteiger partial charge in [0.05, 0.1) is 5.71 Å². The highest BCUT2D eigenvalue weighted by molar-refractivity contribution is 7.27. The van der Waals surface area contributed by atoms with Crippen molar-refractivity contribution in [3.63, 3.8) is 0 Å². The fourth-order valence-corrected chi connectivity index (χ4v) is 2.57. The molecule has 5 heteroatoms. The molecule has 1 aliphatic heterocycles. The third-order valence-corrected chi connectivity index (χ3v) is 3.73. The van der Waals surface area contributed by atoms with Crippen LogP contribution in [0.15, 0.2) is 41.8 Å². The monoisotopic (exact) mass is 288 g/mol. The molecule has 0 bridgehead atoms. The maximum absolute atomic E-state index is 14.3. The third-order valence-electron chi connectivity index (χ3n) is 3.27. The highest BCUT2D eigenvalue weighted by atomic mass is 31.0. The Morgan fingerprint density at radius 3 is 2.80 bits per heavy atom. The number of halogens is 1. The smallest absolute Gasteiger partial charge is 0.131 e. The van der Waals surface area contributed by atoms with Crippen LogP contribution in [0.2, 0.25) is 0 Å². The third kappa shape index (κ3) is 2.44. The van der Waals surface area contributed by atoms with Gasteiger partial charge in [0.15, 0.2) is 0 Å². The van der Waals surface area contributed by atoms with Crippen molar-refractivity contribution in [1.29, 1.82) is 0 Å². The predicted octanol–water partition coefficient (Wildman–Crippen LogP) is 2.90. The minimum atomic E-state index is -0.264. The summed E-state index contributed by atoms with van der Waals surface area (Å²) in [5.74, 6) is -0.264. The second kappa shape index (κ2) is 5.29. The van der Waals surface area contributed by atoms with Gasteiger partial charge in [-0.2, -0.15) is 0 Å². The maximum Gasteiger partial charge on any atom is 0.131 e. The Morgan fingerprint density at radius 2 is 2.15 bits per heavy atom. The topological polar surface area (TPSA) is 34.5 Å². The van der Waals surface area contributed by atoms with Gasteiger partial charge in [-0.05, 0) is 29.9 Å². The van der Waals surface area contributed by atoms with Gasteiger partial charge in [-0.15, -0.1) is 9.24 Å². The lowest BCUT2D eigenvalue weighted by Crippen LogP contribution is -2.05. The van der Waals surface area contributed by atoms with Gasteiger partial charge in [-0.25, -0.2) is 4.39 Å². The molecule has 0 fully saturated rings. The van der Waals surface area contributed by atoms with E-state index in [0.717, 1.165) is 22.1 Å². The molecule has 2 aromatic rings. The minimum absolute atomic E-state index is 0.0616. The molecular weight excluding hydrogens is 274 g/mol. The first-order valence-corrected chi connectivity index (χ1v) is 6.95. The molecule has 1 aromatic heterocycles. The van der Waals surface area contributed by atoms with E-state index in [1.54, 1.807) is 24.5 Å². The van der Waals surface area contributed by atoms with Crippen LogP contribution in [0.1, 0.15) is 18.9 Å². The van der Waals surface area contributed by atoms with Crippen molar-refractivity contribution in [2.75, 3.05) is 0 Å². The van der Waals surface area contributed by atoms with Crippen LogP contribution < -0.4 is 5.30 Å². The fourth-order valence-electron chi connectivity index (χ4n) is 2.24. The highest BCUT2D eigenvalue weighted by Gasteiger charge is 2.19. The van der Waals surface area contributed by atoms with Crippen molar-refractivity contribution in [1.82, 2.24) is 4.98 Å². The van der Waals surface area contributed by atoms with Crippen LogP contribution in [0.25, 0.3) is 11.1 Å². The first-order valence-electron chi connectivity index (χ1n) is 6.37. The zero-order chi connectivity index (χ0) is 14.1. The molecule has 0 saturated heterocycles. The first kappa shape index (κ1) is 13.2. The molecule has 3 rings (SSSR count). The molecule has 20 heavy (non-hydrogen) atoms. The van der Waals surface area contributed by atoms with Crippen molar-refractivity contribution in [2.24, 2.45) is 5.16 Å². The van der Waals surface area contributed by atoms with E-state index >= 15 is 0 Å². The van der Waals surface area contributed by atoms with Gasteiger partial charge in [-0.1, -0.05) is 17.3 Å².